The number of hydrogen-bond acceptors (Lipinski definition) is 9. The number of benzene rings is 1. The number of aromatic hydroxyl groups is 1. The molecule has 3 aliphatic carbocycles. The summed E-state index contributed by atoms with van der Waals surface area (Å²) in [5.74, 6) is -8.88. The third kappa shape index (κ3) is 3.04. The summed E-state index contributed by atoms with van der Waals surface area (Å²) in [4.78, 5) is 40.3. The van der Waals surface area contributed by atoms with Crippen molar-refractivity contribution in [2.75, 3.05) is 14.1 Å². The fourth-order valence-corrected chi connectivity index (χ4v) is 7.93. The molecule has 1 aromatic rings. The van der Waals surface area contributed by atoms with Gasteiger partial charge in [0.25, 0.3) is 5.91 Å². The molecule has 0 radical (unpaired) electrons. The molecule has 0 heterocycles. The zero-order valence-electron chi connectivity index (χ0n) is 18.2. The Hall–Kier alpha value is -1.75. The number of carbonyl (C=O) groups excluding carboxylic acids is 3. The Bertz CT molecular complexity index is 1240. The minimum absolute atomic E-state index is 0.00714. The maximum Gasteiger partial charge on any atom is 0.255 e. The third-order valence-electron chi connectivity index (χ3n) is 7.13. The number of likely N-dealkylation sites (N-methyl/N-ethyl adjacent to an activating group) is 1. The van der Waals surface area contributed by atoms with Crippen molar-refractivity contribution in [2.45, 2.75) is 30.6 Å². The Morgan fingerprint density at radius 1 is 1.15 bits per heavy atom. The largest absolute Gasteiger partial charge is 0.508 e. The highest BCUT2D eigenvalue weighted by Gasteiger charge is 2.68. The summed E-state index contributed by atoms with van der Waals surface area (Å²) in [5, 5.41) is 55.9. The second-order valence-corrected chi connectivity index (χ2v) is 11.4. The molecule has 10 nitrogen and oxygen atoms in total. The lowest BCUT2D eigenvalue weighted by Gasteiger charge is -2.53. The molecule has 0 aromatic heterocycles. The molecule has 1 fully saturated rings. The van der Waals surface area contributed by atoms with Gasteiger partial charge in [-0.3, -0.25) is 19.3 Å². The zero-order chi connectivity index (χ0) is 25.6. The number of fused-ring (bicyclic) bond motifs is 3. The smallest absolute Gasteiger partial charge is 0.255 e. The van der Waals surface area contributed by atoms with Gasteiger partial charge in [0.2, 0.25) is 5.78 Å². The van der Waals surface area contributed by atoms with Crippen LogP contribution in [0.5, 0.6) is 5.75 Å². The number of Topliss-reactive ketones (excluding diaryl/α,β-unsaturated/α-hetero) is 2. The fraction of sp³-hybridized carbons (Fsp3) is 0.409. The first kappa shape index (κ1) is 25.3. The van der Waals surface area contributed by atoms with Crippen molar-refractivity contribution in [3.8, 4) is 5.75 Å². The monoisotopic (exact) mass is 696 g/mol. The number of nitrogens with zero attached hydrogens (tertiary/aromatic N) is 1. The molecule has 1 saturated carbocycles. The molecule has 1 aromatic carbocycles. The Balaban J connectivity index is 2.10. The van der Waals surface area contributed by atoms with E-state index in [4.69, 9.17) is 5.73 Å². The van der Waals surface area contributed by atoms with E-state index in [0.717, 1.165) is 0 Å². The van der Waals surface area contributed by atoms with Gasteiger partial charge in [-0.2, -0.15) is 0 Å². The van der Waals surface area contributed by atoms with E-state index < -0.39 is 75.6 Å². The van der Waals surface area contributed by atoms with E-state index in [9.17, 15) is 39.9 Å². The van der Waals surface area contributed by atoms with Crippen LogP contribution in [0.2, 0.25) is 0 Å². The highest BCUT2D eigenvalue weighted by molar-refractivity contribution is 14.1. The molecule has 0 aliphatic heterocycles. The molecule has 34 heavy (non-hydrogen) atoms. The normalized spacial score (nSPS) is 33.1. The van der Waals surface area contributed by atoms with Crippen LogP contribution in [0.25, 0.3) is 5.76 Å². The van der Waals surface area contributed by atoms with Crippen molar-refractivity contribution >= 4 is 68.4 Å². The van der Waals surface area contributed by atoms with Gasteiger partial charge in [0.1, 0.15) is 22.8 Å². The molecule has 1 amide bonds. The van der Waals surface area contributed by atoms with E-state index in [1.807, 2.05) is 45.2 Å². The summed E-state index contributed by atoms with van der Waals surface area (Å²) in [7, 11) is 2.93. The highest BCUT2D eigenvalue weighted by atomic mass is 127. The molecule has 4 rings (SSSR count). The highest BCUT2D eigenvalue weighted by Crippen LogP contribution is 2.57. The quantitative estimate of drug-likeness (QED) is 0.192. The molecule has 6 atom stereocenters. The minimum Gasteiger partial charge on any atom is -0.508 e. The first-order chi connectivity index (χ1) is 15.7. The topological polar surface area (TPSA) is 182 Å². The number of ketones is 2. The van der Waals surface area contributed by atoms with Crippen LogP contribution in [0.3, 0.4) is 0 Å². The van der Waals surface area contributed by atoms with Crippen LogP contribution in [0, 0.1) is 19.0 Å². The van der Waals surface area contributed by atoms with Crippen LogP contribution in [0.4, 0.5) is 0 Å². The molecular formula is C22H22I2N2O8. The average Bonchev–Trinajstić information content (AvgIpc) is 2.73. The standard InChI is InChI=1S/C22H22I2N2O8/c1-5-8-6(23)4-7(24)15(27)10(8)16(28)11-9(5)17(29)13-14(26(2)3)18(30)12(21(25)33)20(32)22(13,34)19(11)31/h4-5,9,13-14,17,27-29,32,34H,1-3H3,(H2,25,33)/t5-,9-,13+,14-,17-,22-/m0/s1. The van der Waals surface area contributed by atoms with Gasteiger partial charge in [0.15, 0.2) is 11.4 Å². The Labute approximate surface area is 221 Å². The van der Waals surface area contributed by atoms with Gasteiger partial charge < -0.3 is 31.3 Å². The number of amides is 1. The number of rotatable bonds is 2. The van der Waals surface area contributed by atoms with E-state index in [2.05, 4.69) is 0 Å². The zero-order valence-corrected chi connectivity index (χ0v) is 22.5. The summed E-state index contributed by atoms with van der Waals surface area (Å²) in [6.45, 7) is 1.70. The van der Waals surface area contributed by atoms with Crippen molar-refractivity contribution in [1.29, 1.82) is 0 Å². The summed E-state index contributed by atoms with van der Waals surface area (Å²) in [6.07, 6.45) is -1.60. The predicted octanol–water partition coefficient (Wildman–Crippen LogP) is 0.705. The summed E-state index contributed by atoms with van der Waals surface area (Å²) < 4.78 is 1.09. The van der Waals surface area contributed by atoms with E-state index in [1.54, 1.807) is 13.0 Å². The van der Waals surface area contributed by atoms with Gasteiger partial charge >= 0.3 is 0 Å². The third-order valence-corrected chi connectivity index (χ3v) is 8.84. The van der Waals surface area contributed by atoms with Crippen LogP contribution >= 0.6 is 45.2 Å². The lowest BCUT2D eigenvalue weighted by molar-refractivity contribution is -0.169. The van der Waals surface area contributed by atoms with E-state index in [1.165, 1.54) is 19.0 Å². The number of phenolic OH excluding ortho intramolecular Hbond substituents is 1. The van der Waals surface area contributed by atoms with Gasteiger partial charge in [-0.15, -0.1) is 0 Å². The average molecular weight is 696 g/mol. The molecule has 0 unspecified atom stereocenters. The molecule has 7 N–H and O–H groups in total. The van der Waals surface area contributed by atoms with Crippen molar-refractivity contribution in [3.63, 3.8) is 0 Å². The summed E-state index contributed by atoms with van der Waals surface area (Å²) >= 11 is 3.90. The van der Waals surface area contributed by atoms with Gasteiger partial charge in [0.05, 0.1) is 27.2 Å². The molecule has 0 bridgehead atoms. The van der Waals surface area contributed by atoms with Crippen LogP contribution in [-0.2, 0) is 14.4 Å². The summed E-state index contributed by atoms with van der Waals surface area (Å²) in [6, 6.07) is 0.321. The van der Waals surface area contributed by atoms with E-state index >= 15 is 0 Å². The number of nitrogens with two attached hydrogens (primary N) is 1. The molecular weight excluding hydrogens is 674 g/mol. The first-order valence-electron chi connectivity index (χ1n) is 10.2. The van der Waals surface area contributed by atoms with E-state index in [0.29, 0.717) is 12.7 Å². The number of aliphatic hydroxyl groups is 4. The number of hydrogen-bond donors (Lipinski definition) is 6. The number of primary amides is 1. The Morgan fingerprint density at radius 3 is 2.26 bits per heavy atom. The minimum atomic E-state index is -2.91. The van der Waals surface area contributed by atoms with Crippen LogP contribution < -0.4 is 5.73 Å². The number of carbonyl (C=O) groups is 3. The van der Waals surface area contributed by atoms with Crippen LogP contribution in [0.1, 0.15) is 24.0 Å². The van der Waals surface area contributed by atoms with Crippen LogP contribution in [0.15, 0.2) is 23.0 Å². The number of halogens is 2. The molecule has 0 spiro atoms. The molecule has 12 heteroatoms. The van der Waals surface area contributed by atoms with Gasteiger partial charge in [-0.25, -0.2) is 0 Å². The van der Waals surface area contributed by atoms with Crippen molar-refractivity contribution in [3.05, 3.63) is 41.2 Å². The van der Waals surface area contributed by atoms with Gasteiger partial charge in [-0.05, 0) is 76.8 Å². The maximum absolute atomic E-state index is 13.8. The Morgan fingerprint density at radius 2 is 1.74 bits per heavy atom. The number of aliphatic hydroxyl groups excluding tert-OH is 3. The van der Waals surface area contributed by atoms with Crippen molar-refractivity contribution in [2.24, 2.45) is 17.6 Å². The second-order valence-electron chi connectivity index (χ2n) is 9.03. The van der Waals surface area contributed by atoms with Gasteiger partial charge in [0, 0.05) is 15.1 Å². The predicted molar refractivity (Wildman–Crippen MR) is 136 cm³/mol. The number of phenols is 1. The SMILES string of the molecule is C[C@H]1c2c(I)cc(I)c(O)c2C(O)=C2C(=O)[C@]3(O)C(O)=C(C(N)=O)C(=O)[C@@H](N(C)C)[C@@H]3[C@@H](O)[C@H]21. The van der Waals surface area contributed by atoms with E-state index in [-0.39, 0.29) is 11.3 Å². The molecule has 3 aliphatic rings. The lowest BCUT2D eigenvalue weighted by atomic mass is 9.54. The first-order valence-corrected chi connectivity index (χ1v) is 12.4. The second kappa shape index (κ2) is 8.15. The summed E-state index contributed by atoms with van der Waals surface area (Å²) in [5.41, 5.74) is 1.54. The maximum atomic E-state index is 13.8. The molecule has 182 valence electrons. The fourth-order valence-electron chi connectivity index (χ4n) is 5.68. The van der Waals surface area contributed by atoms with Crippen molar-refractivity contribution < 1.29 is 39.9 Å². The van der Waals surface area contributed by atoms with Crippen molar-refractivity contribution in [1.82, 2.24) is 4.90 Å². The molecule has 0 saturated heterocycles. The van der Waals surface area contributed by atoms with Gasteiger partial charge in [-0.1, -0.05) is 6.92 Å². The lowest BCUT2D eigenvalue weighted by Crippen LogP contribution is -2.70. The van der Waals surface area contributed by atoms with Crippen LogP contribution in [-0.4, -0.2) is 79.7 Å². The Kier molecular flexibility index (Phi) is 6.07.